The first-order valence-electron chi connectivity index (χ1n) is 12.8. The monoisotopic (exact) mass is 563 g/mol. The van der Waals surface area contributed by atoms with Crippen molar-refractivity contribution in [3.8, 4) is 17.0 Å². The number of carbonyl (C=O) groups excluding carboxylic acids is 1. The molecule has 2 aromatic carbocycles. The van der Waals surface area contributed by atoms with Crippen LogP contribution in [0.1, 0.15) is 58.5 Å². The van der Waals surface area contributed by atoms with Crippen LogP contribution in [-0.4, -0.2) is 34.1 Å². The number of aliphatic hydroxyl groups is 1. The second-order valence-electron chi connectivity index (χ2n) is 10.4. The van der Waals surface area contributed by atoms with Crippen molar-refractivity contribution in [1.82, 2.24) is 10.1 Å². The summed E-state index contributed by atoms with van der Waals surface area (Å²) in [5.41, 5.74) is 3.52. The molecule has 2 aromatic heterocycles. The molecule has 0 spiro atoms. The minimum Gasteiger partial charge on any atom is -0.489 e. The van der Waals surface area contributed by atoms with Gasteiger partial charge in [0, 0.05) is 28.8 Å². The topological polar surface area (TPSA) is 88.7 Å². The summed E-state index contributed by atoms with van der Waals surface area (Å²) >= 11 is 13.2. The minimum atomic E-state index is -1.13. The molecule has 1 N–H and O–H groups in total. The van der Waals surface area contributed by atoms with Gasteiger partial charge in [-0.2, -0.15) is 0 Å². The quantitative estimate of drug-likeness (QED) is 0.238. The Morgan fingerprint density at radius 1 is 1.15 bits per heavy atom. The first-order chi connectivity index (χ1) is 18.7. The number of carbonyl (C=O) groups is 1. The molecule has 2 fully saturated rings. The Bertz CT molecular complexity index is 1550. The molecule has 200 valence electrons. The van der Waals surface area contributed by atoms with Crippen LogP contribution in [0.2, 0.25) is 10.0 Å². The number of anilines is 1. The molecule has 0 radical (unpaired) electrons. The van der Waals surface area contributed by atoms with Gasteiger partial charge >= 0.3 is 0 Å². The lowest BCUT2D eigenvalue weighted by Gasteiger charge is -2.47. The number of benzene rings is 2. The number of hydrogen-bond donors (Lipinski definition) is 1. The van der Waals surface area contributed by atoms with Gasteiger partial charge in [-0.05, 0) is 62.6 Å². The molecule has 0 unspecified atom stereocenters. The molecular formula is C30H27Cl2N3O4. The Balaban J connectivity index is 1.19. The highest BCUT2D eigenvalue weighted by molar-refractivity contribution is 6.33. The standard InChI is InChI=1S/C30H27Cl2N3O4/c1-17-4-3-5-24(31)27(17)28-22(29(39-34-28)19-6-7-19)14-38-21-8-9-23(25(32)13-21)30(37)15-35(16-30)26-12-20(18(2)36)10-11-33-26/h3-5,8-13,19,37H,6-7,14-16H2,1-2H3. The van der Waals surface area contributed by atoms with Gasteiger partial charge in [0.15, 0.2) is 5.78 Å². The number of Topliss-reactive ketones (excluding diaryl/α,β-unsaturated/α-hetero) is 1. The van der Waals surface area contributed by atoms with Gasteiger partial charge in [-0.1, -0.05) is 46.6 Å². The van der Waals surface area contributed by atoms with Crippen molar-refractivity contribution < 1.29 is 19.2 Å². The van der Waals surface area contributed by atoms with Crippen molar-refractivity contribution in [2.24, 2.45) is 0 Å². The van der Waals surface area contributed by atoms with Crippen LogP contribution in [0, 0.1) is 6.92 Å². The molecule has 39 heavy (non-hydrogen) atoms. The Labute approximate surface area is 236 Å². The van der Waals surface area contributed by atoms with Gasteiger partial charge in [0.1, 0.15) is 35.2 Å². The van der Waals surface area contributed by atoms with E-state index in [4.69, 9.17) is 32.5 Å². The van der Waals surface area contributed by atoms with Crippen LogP contribution < -0.4 is 9.64 Å². The second kappa shape index (κ2) is 9.97. The first-order valence-corrected chi connectivity index (χ1v) is 13.6. The highest BCUT2D eigenvalue weighted by Gasteiger charge is 2.44. The summed E-state index contributed by atoms with van der Waals surface area (Å²) in [7, 11) is 0. The summed E-state index contributed by atoms with van der Waals surface area (Å²) in [5, 5.41) is 16.7. The van der Waals surface area contributed by atoms with Crippen LogP contribution in [0.15, 0.2) is 59.3 Å². The highest BCUT2D eigenvalue weighted by Crippen LogP contribution is 2.46. The zero-order valence-electron chi connectivity index (χ0n) is 21.6. The number of ketones is 1. The van der Waals surface area contributed by atoms with Gasteiger partial charge in [0.2, 0.25) is 0 Å². The molecule has 0 bridgehead atoms. The van der Waals surface area contributed by atoms with Crippen LogP contribution >= 0.6 is 23.2 Å². The number of pyridine rings is 1. The molecule has 0 atom stereocenters. The van der Waals surface area contributed by atoms with Crippen LogP contribution in [0.25, 0.3) is 11.3 Å². The fourth-order valence-corrected chi connectivity index (χ4v) is 5.76. The Morgan fingerprint density at radius 2 is 1.95 bits per heavy atom. The van der Waals surface area contributed by atoms with Crippen LogP contribution in [0.4, 0.5) is 5.82 Å². The van der Waals surface area contributed by atoms with E-state index in [1.165, 1.54) is 6.92 Å². The van der Waals surface area contributed by atoms with Gasteiger partial charge < -0.3 is 19.3 Å². The molecule has 9 heteroatoms. The number of rotatable bonds is 8. The highest BCUT2D eigenvalue weighted by atomic mass is 35.5. The summed E-state index contributed by atoms with van der Waals surface area (Å²) in [5.74, 6) is 2.38. The molecule has 1 aliphatic carbocycles. The van der Waals surface area contributed by atoms with Gasteiger partial charge in [-0.15, -0.1) is 0 Å². The third-order valence-electron chi connectivity index (χ3n) is 7.43. The molecule has 1 aliphatic heterocycles. The van der Waals surface area contributed by atoms with Crippen molar-refractivity contribution in [1.29, 1.82) is 0 Å². The lowest BCUT2D eigenvalue weighted by molar-refractivity contribution is 0.00712. The first kappa shape index (κ1) is 25.9. The van der Waals surface area contributed by atoms with Crippen molar-refractivity contribution >= 4 is 34.8 Å². The normalized spacial score (nSPS) is 16.2. The smallest absolute Gasteiger partial charge is 0.159 e. The van der Waals surface area contributed by atoms with E-state index in [0.29, 0.717) is 57.4 Å². The summed E-state index contributed by atoms with van der Waals surface area (Å²) in [6.45, 7) is 4.39. The average Bonchev–Trinajstić information content (AvgIpc) is 3.66. The number of hydrogen-bond acceptors (Lipinski definition) is 7. The zero-order chi connectivity index (χ0) is 27.3. The summed E-state index contributed by atoms with van der Waals surface area (Å²) < 4.78 is 11.9. The van der Waals surface area contributed by atoms with Crippen molar-refractivity contribution in [2.75, 3.05) is 18.0 Å². The SMILES string of the molecule is CC(=O)c1ccnc(N2CC(O)(c3ccc(OCc4c(-c5c(C)cccc5Cl)noc4C4CC4)cc3Cl)C2)c1. The third-order valence-corrected chi connectivity index (χ3v) is 8.06. The van der Waals surface area contributed by atoms with E-state index in [0.717, 1.165) is 35.3 Å². The van der Waals surface area contributed by atoms with Gasteiger partial charge in [0.05, 0.1) is 28.7 Å². The molecule has 1 saturated heterocycles. The van der Waals surface area contributed by atoms with Gasteiger partial charge in [0.25, 0.3) is 0 Å². The molecule has 6 rings (SSSR count). The summed E-state index contributed by atoms with van der Waals surface area (Å²) in [6, 6.07) is 14.5. The fraction of sp³-hybridized carbons (Fsp3) is 0.300. The Morgan fingerprint density at radius 3 is 2.64 bits per heavy atom. The van der Waals surface area contributed by atoms with Crippen molar-refractivity contribution in [3.05, 3.63) is 92.8 Å². The van der Waals surface area contributed by atoms with Gasteiger partial charge in [-0.25, -0.2) is 4.98 Å². The van der Waals surface area contributed by atoms with E-state index in [-0.39, 0.29) is 12.4 Å². The molecule has 4 aromatic rings. The predicted molar refractivity (Wildman–Crippen MR) is 150 cm³/mol. The van der Waals surface area contributed by atoms with Crippen molar-refractivity contribution in [2.45, 2.75) is 44.8 Å². The maximum absolute atomic E-state index is 11.7. The number of β-amino-alcohol motifs (C(OH)–C–C–N with tert-alkyl or cyclic N) is 1. The largest absolute Gasteiger partial charge is 0.489 e. The number of aromatic nitrogens is 2. The second-order valence-corrected chi connectivity index (χ2v) is 11.2. The fourth-order valence-electron chi connectivity index (χ4n) is 5.10. The zero-order valence-corrected chi connectivity index (χ0v) is 23.1. The lowest BCUT2D eigenvalue weighted by atomic mass is 9.86. The maximum Gasteiger partial charge on any atom is 0.159 e. The maximum atomic E-state index is 11.7. The summed E-state index contributed by atoms with van der Waals surface area (Å²) in [4.78, 5) is 18.0. The van der Waals surface area contributed by atoms with E-state index in [1.807, 2.05) is 30.0 Å². The number of aryl methyl sites for hydroxylation is 1. The Kier molecular flexibility index (Phi) is 6.61. The number of halogens is 2. The van der Waals surface area contributed by atoms with E-state index >= 15 is 0 Å². The van der Waals surface area contributed by atoms with Crippen LogP contribution in [0.5, 0.6) is 5.75 Å². The van der Waals surface area contributed by atoms with Crippen molar-refractivity contribution in [3.63, 3.8) is 0 Å². The molecule has 3 heterocycles. The number of ether oxygens (including phenoxy) is 1. The van der Waals surface area contributed by atoms with E-state index in [1.54, 1.807) is 36.5 Å². The molecule has 7 nitrogen and oxygen atoms in total. The van der Waals surface area contributed by atoms with E-state index in [2.05, 4.69) is 10.1 Å². The summed E-state index contributed by atoms with van der Waals surface area (Å²) in [6.07, 6.45) is 3.73. The predicted octanol–water partition coefficient (Wildman–Crippen LogP) is 6.72. The van der Waals surface area contributed by atoms with Gasteiger partial charge in [-0.3, -0.25) is 4.79 Å². The van der Waals surface area contributed by atoms with E-state index in [9.17, 15) is 9.90 Å². The lowest BCUT2D eigenvalue weighted by Crippen LogP contribution is -2.60. The number of nitrogens with zero attached hydrogens (tertiary/aromatic N) is 3. The molecular weight excluding hydrogens is 537 g/mol. The average molecular weight is 564 g/mol. The molecule has 1 saturated carbocycles. The molecule has 2 aliphatic rings. The third kappa shape index (κ3) is 4.91. The van der Waals surface area contributed by atoms with Crippen LogP contribution in [-0.2, 0) is 12.2 Å². The van der Waals surface area contributed by atoms with E-state index < -0.39 is 5.60 Å². The van der Waals surface area contributed by atoms with Crippen LogP contribution in [0.3, 0.4) is 0 Å². The minimum absolute atomic E-state index is 0.0300. The molecule has 0 amide bonds. The Hall–Kier alpha value is -3.39.